The summed E-state index contributed by atoms with van der Waals surface area (Å²) in [5.74, 6) is 0. The molecule has 3 nitrogen and oxygen atoms in total. The van der Waals surface area contributed by atoms with Gasteiger partial charge in [-0.2, -0.15) is 0 Å². The molecule has 0 bridgehead atoms. The number of rotatable bonds is 6. The molecule has 21 heavy (non-hydrogen) atoms. The summed E-state index contributed by atoms with van der Waals surface area (Å²) in [7, 11) is -6.65. The van der Waals surface area contributed by atoms with E-state index in [0.29, 0.717) is 0 Å². The lowest BCUT2D eigenvalue weighted by Gasteiger charge is -2.37. The van der Waals surface area contributed by atoms with Gasteiger partial charge < -0.3 is 12.7 Å². The molecule has 0 spiro atoms. The molecule has 0 aliphatic heterocycles. The molecule has 0 aromatic rings. The fourth-order valence-electron chi connectivity index (χ4n) is 2.54. The summed E-state index contributed by atoms with van der Waals surface area (Å²) in [4.78, 5) is 0. The van der Waals surface area contributed by atoms with Crippen LogP contribution in [0.3, 0.4) is 0 Å². The summed E-state index contributed by atoms with van der Waals surface area (Å²) in [6.07, 6.45) is 8.81. The van der Waals surface area contributed by atoms with Crippen LogP contribution in [0.25, 0.3) is 0 Å². The van der Waals surface area contributed by atoms with Crippen molar-refractivity contribution in [3.63, 3.8) is 0 Å². The second kappa shape index (κ2) is 8.08. The van der Waals surface area contributed by atoms with E-state index in [4.69, 9.17) is 23.7 Å². The van der Waals surface area contributed by atoms with Gasteiger partial charge in [-0.15, -0.1) is 0 Å². The molecular formula is C14H33ClO3Si3. The van der Waals surface area contributed by atoms with Gasteiger partial charge in [0.05, 0.1) is 6.10 Å². The molecular weight excluding hydrogens is 336 g/mol. The van der Waals surface area contributed by atoms with Gasteiger partial charge in [0.15, 0.2) is 16.6 Å². The van der Waals surface area contributed by atoms with Gasteiger partial charge in [0, 0.05) is 0 Å². The van der Waals surface area contributed by atoms with Crippen LogP contribution in [0, 0.1) is 0 Å². The average molecular weight is 369 g/mol. The van der Waals surface area contributed by atoms with Crippen molar-refractivity contribution < 1.29 is 12.7 Å². The molecule has 0 unspecified atom stereocenters. The third-order valence-electron chi connectivity index (χ3n) is 3.22. The van der Waals surface area contributed by atoms with Crippen molar-refractivity contribution in [2.45, 2.75) is 90.3 Å². The maximum Gasteiger partial charge on any atom is 0.592 e. The molecule has 0 aromatic carbocycles. The SMILES string of the molecule is C[Si](C)(C)O[Si](Cl)(OC1CCCCCCC1)O[Si](C)(C)C. The summed E-state index contributed by atoms with van der Waals surface area (Å²) in [5, 5.41) is 0. The maximum absolute atomic E-state index is 6.78. The first-order valence-electron chi connectivity index (χ1n) is 8.26. The first kappa shape index (κ1) is 19.9. The zero-order chi connectivity index (χ0) is 16.1. The van der Waals surface area contributed by atoms with Crippen molar-refractivity contribution in [1.82, 2.24) is 0 Å². The third kappa shape index (κ3) is 9.53. The van der Waals surface area contributed by atoms with E-state index in [2.05, 4.69) is 39.3 Å². The van der Waals surface area contributed by atoms with Crippen molar-refractivity contribution in [2.24, 2.45) is 0 Å². The Morgan fingerprint density at radius 1 is 0.714 bits per heavy atom. The first-order chi connectivity index (χ1) is 9.49. The Bertz CT molecular complexity index is 292. The molecule has 1 saturated carbocycles. The summed E-state index contributed by atoms with van der Waals surface area (Å²) in [5.41, 5.74) is 0. The monoisotopic (exact) mass is 368 g/mol. The summed E-state index contributed by atoms with van der Waals surface area (Å²) >= 11 is 6.78. The van der Waals surface area contributed by atoms with E-state index in [9.17, 15) is 0 Å². The summed E-state index contributed by atoms with van der Waals surface area (Å²) in [6, 6.07) is 0. The largest absolute Gasteiger partial charge is 0.592 e. The van der Waals surface area contributed by atoms with E-state index in [1.54, 1.807) is 0 Å². The molecule has 1 rings (SSSR count). The normalized spacial score (nSPS) is 20.1. The minimum absolute atomic E-state index is 0.210. The molecule has 0 heterocycles. The Balaban J connectivity index is 2.74. The van der Waals surface area contributed by atoms with Crippen LogP contribution in [-0.4, -0.2) is 30.9 Å². The highest BCUT2D eigenvalue weighted by Crippen LogP contribution is 2.30. The molecule has 0 saturated heterocycles. The molecule has 0 aromatic heterocycles. The topological polar surface area (TPSA) is 27.7 Å². The molecule has 0 radical (unpaired) electrons. The van der Waals surface area contributed by atoms with Crippen molar-refractivity contribution >= 4 is 35.8 Å². The van der Waals surface area contributed by atoms with E-state index in [0.717, 1.165) is 12.8 Å². The third-order valence-corrected chi connectivity index (χ3v) is 12.3. The lowest BCUT2D eigenvalue weighted by molar-refractivity contribution is 0.0960. The van der Waals surface area contributed by atoms with Crippen LogP contribution in [0.4, 0.5) is 0 Å². The van der Waals surface area contributed by atoms with Gasteiger partial charge in [0.1, 0.15) is 0 Å². The van der Waals surface area contributed by atoms with Gasteiger partial charge in [-0.25, -0.2) is 0 Å². The van der Waals surface area contributed by atoms with Crippen LogP contribution in [-0.2, 0) is 12.7 Å². The lowest BCUT2D eigenvalue weighted by Crippen LogP contribution is -2.54. The van der Waals surface area contributed by atoms with E-state index in [1.807, 2.05) is 0 Å². The van der Waals surface area contributed by atoms with Gasteiger partial charge in [-0.3, -0.25) is 0 Å². The Labute approximate surface area is 139 Å². The van der Waals surface area contributed by atoms with Crippen molar-refractivity contribution in [3.8, 4) is 0 Å². The molecule has 0 N–H and O–H groups in total. The second-order valence-corrected chi connectivity index (χ2v) is 20.7. The Hall–Kier alpha value is 0.821. The molecule has 1 aliphatic rings. The fourth-order valence-corrected chi connectivity index (χ4v) is 14.5. The summed E-state index contributed by atoms with van der Waals surface area (Å²) < 4.78 is 18.7. The highest BCUT2D eigenvalue weighted by Gasteiger charge is 2.48. The molecule has 1 aliphatic carbocycles. The predicted molar refractivity (Wildman–Crippen MR) is 97.7 cm³/mol. The molecule has 0 atom stereocenters. The van der Waals surface area contributed by atoms with E-state index >= 15 is 0 Å². The zero-order valence-electron chi connectivity index (χ0n) is 14.6. The quantitative estimate of drug-likeness (QED) is 0.458. The Kier molecular flexibility index (Phi) is 7.64. The van der Waals surface area contributed by atoms with E-state index < -0.39 is 24.7 Å². The number of hydrogen-bond donors (Lipinski definition) is 0. The van der Waals surface area contributed by atoms with Crippen LogP contribution >= 0.6 is 11.1 Å². The molecule has 0 amide bonds. The molecule has 126 valence electrons. The minimum Gasteiger partial charge on any atom is -0.405 e. The zero-order valence-corrected chi connectivity index (χ0v) is 18.4. The van der Waals surface area contributed by atoms with Crippen LogP contribution < -0.4 is 0 Å². The molecule has 7 heteroatoms. The van der Waals surface area contributed by atoms with Crippen molar-refractivity contribution in [1.29, 1.82) is 0 Å². The highest BCUT2D eigenvalue weighted by molar-refractivity contribution is 7.14. The van der Waals surface area contributed by atoms with E-state index in [-0.39, 0.29) is 6.10 Å². The number of halogens is 1. The van der Waals surface area contributed by atoms with Gasteiger partial charge >= 0.3 is 8.11 Å². The fraction of sp³-hybridized carbons (Fsp3) is 1.00. The van der Waals surface area contributed by atoms with Crippen molar-refractivity contribution in [2.75, 3.05) is 0 Å². The minimum atomic E-state index is -3.05. The second-order valence-electron chi connectivity index (χ2n) is 8.00. The van der Waals surface area contributed by atoms with Gasteiger partial charge in [0.25, 0.3) is 0 Å². The van der Waals surface area contributed by atoms with Gasteiger partial charge in [0.2, 0.25) is 0 Å². The Morgan fingerprint density at radius 2 is 1.10 bits per heavy atom. The lowest BCUT2D eigenvalue weighted by atomic mass is 9.99. The standard InChI is InChI=1S/C14H33ClO3Si3/c1-19(2,3)17-21(15,18-20(4,5)6)16-14-12-10-8-7-9-11-13-14/h14H,7-13H2,1-6H3. The van der Waals surface area contributed by atoms with Gasteiger partial charge in [-0.05, 0) is 52.1 Å². The molecule has 1 fully saturated rings. The van der Waals surface area contributed by atoms with Crippen LogP contribution in [0.1, 0.15) is 44.9 Å². The van der Waals surface area contributed by atoms with Crippen molar-refractivity contribution in [3.05, 3.63) is 0 Å². The smallest absolute Gasteiger partial charge is 0.405 e. The average Bonchev–Trinajstić information content (AvgIpc) is 2.15. The highest BCUT2D eigenvalue weighted by atomic mass is 35.6. The van der Waals surface area contributed by atoms with E-state index in [1.165, 1.54) is 32.1 Å². The summed E-state index contributed by atoms with van der Waals surface area (Å²) in [6.45, 7) is 12.9. The van der Waals surface area contributed by atoms with Crippen LogP contribution in [0.5, 0.6) is 0 Å². The van der Waals surface area contributed by atoms with Gasteiger partial charge in [-0.1, -0.05) is 43.2 Å². The van der Waals surface area contributed by atoms with Crippen LogP contribution in [0.15, 0.2) is 0 Å². The first-order valence-corrected chi connectivity index (χ1v) is 17.8. The predicted octanol–water partition coefficient (Wildman–Crippen LogP) is 5.49. The number of hydrogen-bond acceptors (Lipinski definition) is 3. The van der Waals surface area contributed by atoms with Crippen LogP contribution in [0.2, 0.25) is 39.3 Å². The maximum atomic E-state index is 6.78. The Morgan fingerprint density at radius 3 is 1.48 bits per heavy atom.